The number of halogens is 1. The van der Waals surface area contributed by atoms with E-state index in [4.69, 9.17) is 0 Å². The van der Waals surface area contributed by atoms with Gasteiger partial charge in [0.25, 0.3) is 0 Å². The van der Waals surface area contributed by atoms with Gasteiger partial charge in [-0.1, -0.05) is 74.3 Å². The lowest BCUT2D eigenvalue weighted by molar-refractivity contribution is 0.580. The van der Waals surface area contributed by atoms with E-state index in [1.807, 2.05) is 44.2 Å². The Kier molecular flexibility index (Phi) is 3.85. The minimum absolute atomic E-state index is 0.133. The Morgan fingerprint density at radius 2 is 1.56 bits per heavy atom. The highest BCUT2D eigenvalue weighted by Crippen LogP contribution is 2.25. The van der Waals surface area contributed by atoms with Gasteiger partial charge in [0.2, 0.25) is 0 Å². The van der Waals surface area contributed by atoms with Crippen molar-refractivity contribution in [3.8, 4) is 0 Å². The minimum atomic E-state index is -0.263. The highest BCUT2D eigenvalue weighted by molar-refractivity contribution is 6.39. The number of hydrogen-bond donors (Lipinski definition) is 0. The molecular formula is C16H17BF. The van der Waals surface area contributed by atoms with Gasteiger partial charge in [0.15, 0.2) is 0 Å². The van der Waals surface area contributed by atoms with Crippen molar-refractivity contribution in [2.45, 2.75) is 25.5 Å². The second kappa shape index (κ2) is 5.39. The average Bonchev–Trinajstić information content (AvgIpc) is 2.38. The molecule has 18 heavy (non-hydrogen) atoms. The van der Waals surface area contributed by atoms with Crippen LogP contribution in [0.3, 0.4) is 0 Å². The molecular weight excluding hydrogens is 222 g/mol. The van der Waals surface area contributed by atoms with Crippen LogP contribution < -0.4 is 0 Å². The summed E-state index contributed by atoms with van der Waals surface area (Å²) in [5.74, 6) is -0.133. The van der Waals surface area contributed by atoms with Crippen molar-refractivity contribution in [2.75, 3.05) is 0 Å². The Bertz CT molecular complexity index is 506. The van der Waals surface area contributed by atoms with Crippen molar-refractivity contribution in [3.63, 3.8) is 0 Å². The van der Waals surface area contributed by atoms with E-state index in [0.717, 1.165) is 11.9 Å². The summed E-state index contributed by atoms with van der Waals surface area (Å²) in [5.41, 5.74) is 2.00. The van der Waals surface area contributed by atoms with Crippen LogP contribution in [0.25, 0.3) is 0 Å². The second-order valence-electron chi connectivity index (χ2n) is 5.10. The summed E-state index contributed by atoms with van der Waals surface area (Å²) in [6, 6.07) is 17.2. The highest BCUT2D eigenvalue weighted by Gasteiger charge is 2.24. The van der Waals surface area contributed by atoms with Crippen molar-refractivity contribution < 1.29 is 4.39 Å². The molecule has 2 aromatic carbocycles. The highest BCUT2D eigenvalue weighted by atomic mass is 19.1. The molecule has 0 aliphatic carbocycles. The minimum Gasteiger partial charge on any atom is -0.207 e. The molecule has 2 heteroatoms. The van der Waals surface area contributed by atoms with E-state index in [1.54, 1.807) is 6.07 Å². The topological polar surface area (TPSA) is 0 Å². The molecule has 0 fully saturated rings. The first-order valence-electron chi connectivity index (χ1n) is 6.23. The maximum Gasteiger partial charge on any atom is 0.129 e. The Labute approximate surface area is 109 Å². The summed E-state index contributed by atoms with van der Waals surface area (Å²) < 4.78 is 13.8. The second-order valence-corrected chi connectivity index (χ2v) is 5.10. The molecule has 0 bridgehead atoms. The van der Waals surface area contributed by atoms with Gasteiger partial charge < -0.3 is 0 Å². The van der Waals surface area contributed by atoms with Crippen LogP contribution >= 0.6 is 0 Å². The maximum atomic E-state index is 13.8. The number of rotatable bonds is 4. The van der Waals surface area contributed by atoms with Crippen LogP contribution in [0.5, 0.6) is 0 Å². The van der Waals surface area contributed by atoms with Gasteiger partial charge in [-0.3, -0.25) is 0 Å². The van der Waals surface area contributed by atoms with Crippen molar-refractivity contribution in [1.82, 2.24) is 0 Å². The first-order chi connectivity index (χ1) is 8.59. The molecule has 0 saturated carbocycles. The molecule has 0 aliphatic heterocycles. The lowest BCUT2D eigenvalue weighted by atomic mass is 9.49. The van der Waals surface area contributed by atoms with Gasteiger partial charge >= 0.3 is 0 Å². The molecule has 0 N–H and O–H groups in total. The predicted octanol–water partition coefficient (Wildman–Crippen LogP) is 3.97. The van der Waals surface area contributed by atoms with Gasteiger partial charge in [-0.15, -0.1) is 0 Å². The number of benzene rings is 2. The Morgan fingerprint density at radius 3 is 2.22 bits per heavy atom. The third-order valence-corrected chi connectivity index (χ3v) is 3.26. The van der Waals surface area contributed by atoms with Crippen LogP contribution in [0, 0.1) is 5.82 Å². The zero-order valence-electron chi connectivity index (χ0n) is 10.9. The molecule has 0 amide bonds. The number of hydrogen-bond acceptors (Lipinski definition) is 0. The fourth-order valence-electron chi connectivity index (χ4n) is 2.08. The maximum absolute atomic E-state index is 13.8. The summed E-state index contributed by atoms with van der Waals surface area (Å²) in [6.45, 7) is 4.10. The van der Waals surface area contributed by atoms with Crippen LogP contribution in [0.15, 0.2) is 54.6 Å². The van der Waals surface area contributed by atoms with E-state index in [2.05, 4.69) is 19.4 Å². The van der Waals surface area contributed by atoms with Crippen LogP contribution in [-0.4, -0.2) is 7.28 Å². The first-order valence-corrected chi connectivity index (χ1v) is 6.23. The molecule has 0 aromatic heterocycles. The van der Waals surface area contributed by atoms with Gasteiger partial charge in [0, 0.05) is 0 Å². The molecule has 0 spiro atoms. The van der Waals surface area contributed by atoms with Crippen LogP contribution in [0.2, 0.25) is 0 Å². The first kappa shape index (κ1) is 12.9. The quantitative estimate of drug-likeness (QED) is 0.708. The Morgan fingerprint density at radius 1 is 0.944 bits per heavy atom. The molecule has 2 rings (SSSR count). The van der Waals surface area contributed by atoms with E-state index in [9.17, 15) is 4.39 Å². The predicted molar refractivity (Wildman–Crippen MR) is 75.3 cm³/mol. The van der Waals surface area contributed by atoms with Gasteiger partial charge in [0.1, 0.15) is 13.1 Å². The van der Waals surface area contributed by atoms with Crippen LogP contribution in [0.1, 0.15) is 25.0 Å². The third kappa shape index (κ3) is 3.01. The molecule has 0 heterocycles. The Balaban J connectivity index is 2.11. The van der Waals surface area contributed by atoms with Crippen LogP contribution in [0.4, 0.5) is 4.39 Å². The van der Waals surface area contributed by atoms with Gasteiger partial charge in [-0.25, -0.2) is 4.39 Å². The lowest BCUT2D eigenvalue weighted by Crippen LogP contribution is -2.28. The molecule has 0 aliphatic rings. The van der Waals surface area contributed by atoms with E-state index < -0.39 is 0 Å². The zero-order chi connectivity index (χ0) is 13.0. The molecule has 0 unspecified atom stereocenters. The summed E-state index contributed by atoms with van der Waals surface area (Å²) >= 11 is 0. The zero-order valence-corrected chi connectivity index (χ0v) is 10.9. The van der Waals surface area contributed by atoms with Crippen molar-refractivity contribution in [2.24, 2.45) is 0 Å². The summed E-state index contributed by atoms with van der Waals surface area (Å²) in [6.07, 6.45) is 0.849. The van der Waals surface area contributed by atoms with Crippen molar-refractivity contribution >= 4 is 7.28 Å². The summed E-state index contributed by atoms with van der Waals surface area (Å²) in [7, 11) is 2.17. The van der Waals surface area contributed by atoms with Gasteiger partial charge in [-0.05, 0) is 16.9 Å². The monoisotopic (exact) mass is 239 g/mol. The van der Waals surface area contributed by atoms with E-state index in [-0.39, 0.29) is 11.1 Å². The summed E-state index contributed by atoms with van der Waals surface area (Å²) in [4.78, 5) is 0. The Hall–Kier alpha value is -1.57. The normalized spacial score (nSPS) is 11.3. The van der Waals surface area contributed by atoms with Gasteiger partial charge in [0.05, 0.1) is 0 Å². The SMILES string of the molecule is CC(C)([B]Cc1ccccc1)c1ccccc1F. The van der Waals surface area contributed by atoms with Crippen molar-refractivity contribution in [1.29, 1.82) is 0 Å². The molecule has 91 valence electrons. The molecule has 1 radical (unpaired) electrons. The molecule has 0 atom stereocenters. The van der Waals surface area contributed by atoms with E-state index in [1.165, 1.54) is 11.6 Å². The van der Waals surface area contributed by atoms with E-state index >= 15 is 0 Å². The fourth-order valence-corrected chi connectivity index (χ4v) is 2.08. The van der Waals surface area contributed by atoms with Crippen molar-refractivity contribution in [3.05, 3.63) is 71.5 Å². The molecule has 2 aromatic rings. The molecule has 0 saturated heterocycles. The smallest absolute Gasteiger partial charge is 0.129 e. The third-order valence-electron chi connectivity index (χ3n) is 3.26. The summed E-state index contributed by atoms with van der Waals surface area (Å²) in [5, 5.41) is -0.263. The lowest BCUT2D eigenvalue weighted by Gasteiger charge is -2.25. The largest absolute Gasteiger partial charge is 0.207 e. The molecule has 0 nitrogen and oxygen atoms in total. The van der Waals surface area contributed by atoms with Gasteiger partial charge in [-0.2, -0.15) is 0 Å². The average molecular weight is 239 g/mol. The fraction of sp³-hybridized carbons (Fsp3) is 0.250. The van der Waals surface area contributed by atoms with E-state index in [0.29, 0.717) is 0 Å². The standard InChI is InChI=1S/C16H17BF/c1-16(2,14-10-6-7-11-15(14)18)17-12-13-8-4-3-5-9-13/h3-11H,12H2,1-2H3. The van der Waals surface area contributed by atoms with Crippen LogP contribution in [-0.2, 0) is 11.6 Å².